The van der Waals surface area contributed by atoms with Gasteiger partial charge in [0.15, 0.2) is 0 Å². The summed E-state index contributed by atoms with van der Waals surface area (Å²) in [6.45, 7) is 3.58. The molecule has 0 radical (unpaired) electrons. The fraction of sp³-hybridized carbons (Fsp3) is 0.412. The first-order chi connectivity index (χ1) is 10.7. The quantitative estimate of drug-likeness (QED) is 0.906. The molecular formula is C17H22N4O. The van der Waals surface area contributed by atoms with Gasteiger partial charge >= 0.3 is 0 Å². The Kier molecular flexibility index (Phi) is 4.53. The first kappa shape index (κ1) is 14.8. The Hall–Kier alpha value is -2.14. The van der Waals surface area contributed by atoms with Crippen molar-refractivity contribution in [2.45, 2.75) is 32.4 Å². The van der Waals surface area contributed by atoms with Crippen LogP contribution in [0.25, 0.3) is 5.69 Å². The van der Waals surface area contributed by atoms with E-state index < -0.39 is 0 Å². The van der Waals surface area contributed by atoms with Crippen molar-refractivity contribution in [2.75, 3.05) is 6.54 Å². The largest absolute Gasteiger partial charge is 0.352 e. The molecule has 0 bridgehead atoms. The van der Waals surface area contributed by atoms with Gasteiger partial charge in [0.1, 0.15) is 0 Å². The predicted octanol–water partition coefficient (Wildman–Crippen LogP) is 1.88. The van der Waals surface area contributed by atoms with Crippen molar-refractivity contribution < 1.29 is 4.79 Å². The Bertz CT molecular complexity index is 623. The molecule has 22 heavy (non-hydrogen) atoms. The van der Waals surface area contributed by atoms with E-state index in [1.807, 2.05) is 41.2 Å². The lowest BCUT2D eigenvalue weighted by Gasteiger charge is -2.27. The number of para-hydroxylation sites is 1. The molecule has 1 aliphatic rings. The smallest absolute Gasteiger partial charge is 0.223 e. The van der Waals surface area contributed by atoms with Gasteiger partial charge in [0.05, 0.1) is 11.9 Å². The van der Waals surface area contributed by atoms with Crippen LogP contribution in [-0.2, 0) is 11.3 Å². The second-order valence-electron chi connectivity index (χ2n) is 5.92. The molecule has 0 saturated carbocycles. The summed E-state index contributed by atoms with van der Waals surface area (Å²) in [5, 5.41) is 10.7. The van der Waals surface area contributed by atoms with Crippen LogP contribution in [0.3, 0.4) is 0 Å². The van der Waals surface area contributed by atoms with E-state index in [1.165, 1.54) is 0 Å². The molecule has 116 valence electrons. The first-order valence-corrected chi connectivity index (χ1v) is 7.82. The van der Waals surface area contributed by atoms with Gasteiger partial charge in [0, 0.05) is 30.3 Å². The SMILES string of the molecule is C[C@H]1C[C@@H](C(=O)NCc2cnn(-c3ccccc3)c2)CCN1. The molecule has 0 spiro atoms. The monoisotopic (exact) mass is 298 g/mol. The summed E-state index contributed by atoms with van der Waals surface area (Å²) in [5.41, 5.74) is 2.03. The molecule has 2 aromatic rings. The van der Waals surface area contributed by atoms with Crippen molar-refractivity contribution in [3.8, 4) is 5.69 Å². The van der Waals surface area contributed by atoms with Crippen LogP contribution >= 0.6 is 0 Å². The fourth-order valence-corrected chi connectivity index (χ4v) is 2.88. The minimum absolute atomic E-state index is 0.125. The van der Waals surface area contributed by atoms with Crippen molar-refractivity contribution in [3.63, 3.8) is 0 Å². The summed E-state index contributed by atoms with van der Waals surface area (Å²) >= 11 is 0. The van der Waals surface area contributed by atoms with E-state index in [1.54, 1.807) is 6.20 Å². The number of aromatic nitrogens is 2. The number of hydrogen-bond donors (Lipinski definition) is 2. The van der Waals surface area contributed by atoms with Crippen molar-refractivity contribution in [2.24, 2.45) is 5.92 Å². The molecule has 0 aliphatic carbocycles. The van der Waals surface area contributed by atoms with Gasteiger partial charge in [-0.3, -0.25) is 4.79 Å². The second kappa shape index (κ2) is 6.75. The number of hydrogen-bond acceptors (Lipinski definition) is 3. The van der Waals surface area contributed by atoms with Crippen molar-refractivity contribution >= 4 is 5.91 Å². The molecule has 0 unspecified atom stereocenters. The highest BCUT2D eigenvalue weighted by atomic mass is 16.1. The van der Waals surface area contributed by atoms with Crippen LogP contribution in [0.4, 0.5) is 0 Å². The van der Waals surface area contributed by atoms with Crippen LogP contribution in [0.5, 0.6) is 0 Å². The van der Waals surface area contributed by atoms with Crippen molar-refractivity contribution in [1.82, 2.24) is 20.4 Å². The molecule has 1 amide bonds. The van der Waals surface area contributed by atoms with Gasteiger partial charge in [0.25, 0.3) is 0 Å². The number of carbonyl (C=O) groups excluding carboxylic acids is 1. The number of carbonyl (C=O) groups is 1. The van der Waals surface area contributed by atoms with Gasteiger partial charge in [-0.15, -0.1) is 0 Å². The minimum Gasteiger partial charge on any atom is -0.352 e. The zero-order valence-electron chi connectivity index (χ0n) is 12.8. The van der Waals surface area contributed by atoms with Gasteiger partial charge in [-0.2, -0.15) is 5.10 Å². The van der Waals surface area contributed by atoms with Gasteiger partial charge in [-0.05, 0) is 38.4 Å². The van der Waals surface area contributed by atoms with Crippen molar-refractivity contribution in [1.29, 1.82) is 0 Å². The van der Waals surface area contributed by atoms with E-state index in [4.69, 9.17) is 0 Å². The van der Waals surface area contributed by atoms with E-state index in [0.29, 0.717) is 12.6 Å². The lowest BCUT2D eigenvalue weighted by Crippen LogP contribution is -2.42. The molecule has 3 rings (SSSR count). The Balaban J connectivity index is 1.56. The number of nitrogens with one attached hydrogen (secondary N) is 2. The third kappa shape index (κ3) is 3.54. The average Bonchev–Trinajstić information content (AvgIpc) is 3.02. The van der Waals surface area contributed by atoms with Gasteiger partial charge in [-0.1, -0.05) is 18.2 Å². The summed E-state index contributed by atoms with van der Waals surface area (Å²) in [6.07, 6.45) is 5.59. The van der Waals surface area contributed by atoms with Crippen LogP contribution in [0.2, 0.25) is 0 Å². The Morgan fingerprint density at radius 2 is 2.23 bits per heavy atom. The molecule has 5 nitrogen and oxygen atoms in total. The topological polar surface area (TPSA) is 59.0 Å². The third-order valence-corrected chi connectivity index (χ3v) is 4.12. The summed E-state index contributed by atoms with van der Waals surface area (Å²) in [7, 11) is 0. The van der Waals surface area contributed by atoms with Crippen LogP contribution in [0.15, 0.2) is 42.7 Å². The average molecular weight is 298 g/mol. The second-order valence-corrected chi connectivity index (χ2v) is 5.92. The molecule has 1 fully saturated rings. The van der Waals surface area contributed by atoms with E-state index in [9.17, 15) is 4.79 Å². The van der Waals surface area contributed by atoms with E-state index in [2.05, 4.69) is 22.7 Å². The fourth-order valence-electron chi connectivity index (χ4n) is 2.88. The maximum atomic E-state index is 12.2. The Labute approximate surface area is 130 Å². The summed E-state index contributed by atoms with van der Waals surface area (Å²) < 4.78 is 1.83. The lowest BCUT2D eigenvalue weighted by molar-refractivity contribution is -0.126. The van der Waals surface area contributed by atoms with Crippen LogP contribution in [0.1, 0.15) is 25.3 Å². The molecule has 1 aromatic heterocycles. The summed E-state index contributed by atoms with van der Waals surface area (Å²) in [4.78, 5) is 12.2. The van der Waals surface area contributed by atoms with Crippen LogP contribution < -0.4 is 10.6 Å². The van der Waals surface area contributed by atoms with E-state index in [-0.39, 0.29) is 11.8 Å². The Morgan fingerprint density at radius 1 is 1.41 bits per heavy atom. The van der Waals surface area contributed by atoms with Gasteiger partial charge < -0.3 is 10.6 Å². The number of piperidine rings is 1. The van der Waals surface area contributed by atoms with Gasteiger partial charge in [-0.25, -0.2) is 4.68 Å². The standard InChI is InChI=1S/C17H22N4O/c1-13-9-15(7-8-18-13)17(22)19-10-14-11-20-21(12-14)16-5-3-2-4-6-16/h2-6,11-13,15,18H,7-10H2,1H3,(H,19,22)/t13-,15-/m0/s1. The van der Waals surface area contributed by atoms with Crippen molar-refractivity contribution in [3.05, 3.63) is 48.3 Å². The molecule has 1 saturated heterocycles. The predicted molar refractivity (Wildman–Crippen MR) is 85.6 cm³/mol. The Morgan fingerprint density at radius 3 is 3.00 bits per heavy atom. The molecule has 2 heterocycles. The summed E-state index contributed by atoms with van der Waals surface area (Å²) in [5.74, 6) is 0.279. The van der Waals surface area contributed by atoms with E-state index >= 15 is 0 Å². The number of amides is 1. The summed E-state index contributed by atoms with van der Waals surface area (Å²) in [6, 6.07) is 10.4. The molecule has 2 N–H and O–H groups in total. The highest BCUT2D eigenvalue weighted by molar-refractivity contribution is 5.78. The van der Waals surface area contributed by atoms with E-state index in [0.717, 1.165) is 30.6 Å². The number of nitrogens with zero attached hydrogens (tertiary/aromatic N) is 2. The highest BCUT2D eigenvalue weighted by Gasteiger charge is 2.24. The first-order valence-electron chi connectivity index (χ1n) is 7.82. The maximum absolute atomic E-state index is 12.2. The third-order valence-electron chi connectivity index (χ3n) is 4.12. The molecule has 1 aromatic carbocycles. The minimum atomic E-state index is 0.125. The van der Waals surface area contributed by atoms with Crippen LogP contribution in [-0.4, -0.2) is 28.3 Å². The molecule has 5 heteroatoms. The molecule has 1 aliphatic heterocycles. The lowest BCUT2D eigenvalue weighted by atomic mass is 9.92. The normalized spacial score (nSPS) is 21.5. The van der Waals surface area contributed by atoms with Gasteiger partial charge in [0.2, 0.25) is 5.91 Å². The molecule has 2 atom stereocenters. The zero-order chi connectivity index (χ0) is 15.4. The zero-order valence-corrected chi connectivity index (χ0v) is 12.8. The number of benzene rings is 1. The highest BCUT2D eigenvalue weighted by Crippen LogP contribution is 2.16. The van der Waals surface area contributed by atoms with Crippen LogP contribution in [0, 0.1) is 5.92 Å². The molecular weight excluding hydrogens is 276 g/mol. The number of rotatable bonds is 4. The maximum Gasteiger partial charge on any atom is 0.223 e.